The zero-order valence-electron chi connectivity index (χ0n) is 8.00. The third-order valence-electron chi connectivity index (χ3n) is 1.40. The van der Waals surface area contributed by atoms with Gasteiger partial charge in [0, 0.05) is 0 Å². The molecule has 1 unspecified atom stereocenters. The highest BCUT2D eigenvalue weighted by Crippen LogP contribution is 2.26. The summed E-state index contributed by atoms with van der Waals surface area (Å²) in [6.45, 7) is 1.38. The lowest BCUT2D eigenvalue weighted by molar-refractivity contribution is -0.144. The molecule has 1 amide bonds. The molecule has 1 rings (SSSR count). The fourth-order valence-corrected chi connectivity index (χ4v) is 0.669. The van der Waals surface area contributed by atoms with Crippen LogP contribution in [0.4, 0.5) is 19.1 Å². The summed E-state index contributed by atoms with van der Waals surface area (Å²) >= 11 is 0. The van der Waals surface area contributed by atoms with Gasteiger partial charge in [-0.3, -0.25) is 15.2 Å². The Hall–Kier alpha value is -1.35. The molecule has 1 heterocycles. The Kier molecular flexibility index (Phi) is 4.69. The van der Waals surface area contributed by atoms with Crippen LogP contribution in [0.15, 0.2) is 0 Å². The number of nitrogens with zero attached hydrogens (tertiary/aromatic N) is 2. The topological polar surface area (TPSA) is 96.7 Å². The Balaban J connectivity index is 0.00000225. The SMILES string of the molecule is CC(N)C(=O)Nc1n[nH]c(C(F)(F)F)n1.Cl. The Morgan fingerprint density at radius 3 is 2.50 bits per heavy atom. The Morgan fingerprint density at radius 1 is 1.56 bits per heavy atom. The lowest BCUT2D eigenvalue weighted by atomic mass is 10.3. The standard InChI is InChI=1S/C6H8F3N5O.ClH/c1-2(10)3(15)11-5-12-4(13-14-5)6(7,8)9;/h2H,10H2,1H3,(H2,11,12,13,14,15);1H. The molecule has 6 nitrogen and oxygen atoms in total. The summed E-state index contributed by atoms with van der Waals surface area (Å²) in [5.74, 6) is -2.39. The van der Waals surface area contributed by atoms with Crippen LogP contribution < -0.4 is 11.1 Å². The Morgan fingerprint density at radius 2 is 2.12 bits per heavy atom. The van der Waals surface area contributed by atoms with Crippen molar-refractivity contribution in [1.82, 2.24) is 15.2 Å². The summed E-state index contributed by atoms with van der Waals surface area (Å²) < 4.78 is 36.1. The van der Waals surface area contributed by atoms with E-state index < -0.39 is 29.9 Å². The van der Waals surface area contributed by atoms with E-state index in [9.17, 15) is 18.0 Å². The molecular formula is C6H9ClF3N5O. The van der Waals surface area contributed by atoms with Gasteiger partial charge in [0.2, 0.25) is 17.7 Å². The van der Waals surface area contributed by atoms with Crippen LogP contribution in [0, 0.1) is 0 Å². The summed E-state index contributed by atoms with van der Waals surface area (Å²) in [6.07, 6.45) is -4.62. The highest BCUT2D eigenvalue weighted by molar-refractivity contribution is 5.92. The van der Waals surface area contributed by atoms with Gasteiger partial charge in [0.25, 0.3) is 0 Å². The Labute approximate surface area is 94.2 Å². The number of aromatic nitrogens is 3. The quantitative estimate of drug-likeness (QED) is 0.722. The van der Waals surface area contributed by atoms with Crippen LogP contribution in [0.5, 0.6) is 0 Å². The zero-order valence-corrected chi connectivity index (χ0v) is 8.82. The molecule has 0 saturated heterocycles. The highest BCUT2D eigenvalue weighted by Gasteiger charge is 2.35. The van der Waals surface area contributed by atoms with E-state index in [0.717, 1.165) is 0 Å². The summed E-state index contributed by atoms with van der Waals surface area (Å²) in [5, 5.41) is 6.83. The number of amides is 1. The van der Waals surface area contributed by atoms with E-state index in [1.165, 1.54) is 6.92 Å². The number of hydrogen-bond donors (Lipinski definition) is 3. The van der Waals surface area contributed by atoms with Gasteiger partial charge < -0.3 is 5.73 Å². The molecule has 10 heteroatoms. The number of aromatic amines is 1. The molecule has 92 valence electrons. The van der Waals surface area contributed by atoms with Crippen LogP contribution in [0.3, 0.4) is 0 Å². The van der Waals surface area contributed by atoms with Gasteiger partial charge in [-0.1, -0.05) is 0 Å². The van der Waals surface area contributed by atoms with Crippen LogP contribution in [-0.4, -0.2) is 27.1 Å². The van der Waals surface area contributed by atoms with Gasteiger partial charge in [-0.2, -0.15) is 18.2 Å². The molecule has 0 saturated carbocycles. The van der Waals surface area contributed by atoms with Crippen molar-refractivity contribution in [3.8, 4) is 0 Å². The average Bonchev–Trinajstić information content (AvgIpc) is 2.51. The van der Waals surface area contributed by atoms with E-state index in [2.05, 4.69) is 10.1 Å². The molecule has 0 fully saturated rings. The van der Waals surface area contributed by atoms with Crippen molar-refractivity contribution < 1.29 is 18.0 Å². The van der Waals surface area contributed by atoms with Gasteiger partial charge in [0.15, 0.2) is 0 Å². The van der Waals surface area contributed by atoms with Crippen molar-refractivity contribution in [1.29, 1.82) is 0 Å². The van der Waals surface area contributed by atoms with E-state index in [0.29, 0.717) is 0 Å². The number of H-pyrrole nitrogens is 1. The minimum atomic E-state index is -4.62. The molecule has 1 aromatic heterocycles. The predicted molar refractivity (Wildman–Crippen MR) is 50.9 cm³/mol. The third kappa shape index (κ3) is 3.66. The van der Waals surface area contributed by atoms with E-state index in [4.69, 9.17) is 5.73 Å². The van der Waals surface area contributed by atoms with Crippen molar-refractivity contribution in [2.45, 2.75) is 19.1 Å². The number of hydrogen-bond acceptors (Lipinski definition) is 4. The van der Waals surface area contributed by atoms with E-state index in [-0.39, 0.29) is 12.4 Å². The molecule has 0 bridgehead atoms. The normalized spacial score (nSPS) is 12.8. The maximum atomic E-state index is 12.0. The second-order valence-electron chi connectivity index (χ2n) is 2.78. The second kappa shape index (κ2) is 5.12. The van der Waals surface area contributed by atoms with Gasteiger partial charge in [0.1, 0.15) is 0 Å². The maximum absolute atomic E-state index is 12.0. The third-order valence-corrected chi connectivity index (χ3v) is 1.40. The van der Waals surface area contributed by atoms with E-state index in [1.807, 2.05) is 5.32 Å². The number of nitrogens with one attached hydrogen (secondary N) is 2. The zero-order chi connectivity index (χ0) is 11.6. The number of anilines is 1. The average molecular weight is 260 g/mol. The van der Waals surface area contributed by atoms with Gasteiger partial charge in [-0.05, 0) is 6.92 Å². The number of nitrogens with two attached hydrogens (primary N) is 1. The Bertz CT molecular complexity index is 363. The molecule has 0 aliphatic carbocycles. The van der Waals surface area contributed by atoms with E-state index in [1.54, 1.807) is 5.10 Å². The smallest absolute Gasteiger partial charge is 0.320 e. The second-order valence-corrected chi connectivity index (χ2v) is 2.78. The lowest BCUT2D eigenvalue weighted by Crippen LogP contribution is -2.32. The van der Waals surface area contributed by atoms with Crippen molar-refractivity contribution in [2.24, 2.45) is 5.73 Å². The molecular weight excluding hydrogens is 251 g/mol. The minimum absolute atomic E-state index is 0. The molecule has 16 heavy (non-hydrogen) atoms. The van der Waals surface area contributed by atoms with Crippen molar-refractivity contribution in [3.63, 3.8) is 0 Å². The van der Waals surface area contributed by atoms with Gasteiger partial charge in [0.05, 0.1) is 6.04 Å². The number of rotatable bonds is 2. The van der Waals surface area contributed by atoms with E-state index >= 15 is 0 Å². The first-order chi connectivity index (χ1) is 6.80. The summed E-state index contributed by atoms with van der Waals surface area (Å²) in [4.78, 5) is 14.0. The molecule has 4 N–H and O–H groups in total. The molecule has 1 aromatic rings. The number of carbonyl (C=O) groups excluding carboxylic acids is 1. The van der Waals surface area contributed by atoms with Crippen molar-refractivity contribution in [2.75, 3.05) is 5.32 Å². The first kappa shape index (κ1) is 14.6. The molecule has 0 spiro atoms. The van der Waals surface area contributed by atoms with Crippen LogP contribution in [0.25, 0.3) is 0 Å². The predicted octanol–water partition coefficient (Wildman–Crippen LogP) is 0.531. The first-order valence-corrected chi connectivity index (χ1v) is 3.86. The summed E-state index contributed by atoms with van der Waals surface area (Å²) in [5.41, 5.74) is 5.18. The van der Waals surface area contributed by atoms with Gasteiger partial charge >= 0.3 is 6.18 Å². The molecule has 0 aliphatic heterocycles. The maximum Gasteiger partial charge on any atom is 0.451 e. The number of alkyl halides is 3. The number of carbonyl (C=O) groups is 1. The van der Waals surface area contributed by atoms with Crippen LogP contribution in [0.1, 0.15) is 12.7 Å². The summed E-state index contributed by atoms with van der Waals surface area (Å²) in [6, 6.07) is -0.849. The molecule has 1 atom stereocenters. The monoisotopic (exact) mass is 259 g/mol. The highest BCUT2D eigenvalue weighted by atomic mass is 35.5. The number of halogens is 4. The van der Waals surface area contributed by atoms with Gasteiger partial charge in [-0.15, -0.1) is 17.5 Å². The summed E-state index contributed by atoms with van der Waals surface area (Å²) in [7, 11) is 0. The molecule has 0 aromatic carbocycles. The van der Waals surface area contributed by atoms with Crippen LogP contribution in [-0.2, 0) is 11.0 Å². The fourth-order valence-electron chi connectivity index (χ4n) is 0.669. The molecule has 0 radical (unpaired) electrons. The van der Waals surface area contributed by atoms with Crippen molar-refractivity contribution in [3.05, 3.63) is 5.82 Å². The fraction of sp³-hybridized carbons (Fsp3) is 0.500. The van der Waals surface area contributed by atoms with Crippen molar-refractivity contribution >= 4 is 24.3 Å². The van der Waals surface area contributed by atoms with Crippen LogP contribution >= 0.6 is 12.4 Å². The lowest BCUT2D eigenvalue weighted by Gasteiger charge is -2.02. The van der Waals surface area contributed by atoms with Gasteiger partial charge in [-0.25, -0.2) is 0 Å². The first-order valence-electron chi connectivity index (χ1n) is 3.86. The largest absolute Gasteiger partial charge is 0.451 e. The molecule has 0 aliphatic rings. The minimum Gasteiger partial charge on any atom is -0.320 e. The van der Waals surface area contributed by atoms with Crippen LogP contribution in [0.2, 0.25) is 0 Å².